The zero-order chi connectivity index (χ0) is 12.9. The van der Waals surface area contributed by atoms with Gasteiger partial charge in [0.25, 0.3) is 0 Å². The maximum Gasteiger partial charge on any atom is 0.233 e. The van der Waals surface area contributed by atoms with Gasteiger partial charge >= 0.3 is 0 Å². The van der Waals surface area contributed by atoms with E-state index in [0.29, 0.717) is 19.4 Å². The lowest BCUT2D eigenvalue weighted by molar-refractivity contribution is -0.128. The highest BCUT2D eigenvalue weighted by Gasteiger charge is 2.38. The highest BCUT2D eigenvalue weighted by molar-refractivity contribution is 7.80. The highest BCUT2D eigenvalue weighted by Crippen LogP contribution is 2.27. The lowest BCUT2D eigenvalue weighted by Crippen LogP contribution is -2.49. The topological polar surface area (TPSA) is 64.3 Å². The van der Waals surface area contributed by atoms with Crippen molar-refractivity contribution >= 4 is 23.1 Å². The minimum Gasteiger partial charge on any atom is -0.392 e. The van der Waals surface area contributed by atoms with Crippen LogP contribution < -0.4 is 11.1 Å². The molecule has 1 fully saturated rings. The van der Waals surface area contributed by atoms with Crippen molar-refractivity contribution in [2.45, 2.75) is 45.6 Å². The molecular weight excluding hydrogens is 236 g/mol. The molecule has 1 aliphatic heterocycles. The Morgan fingerprint density at radius 1 is 1.53 bits per heavy atom. The van der Waals surface area contributed by atoms with Crippen LogP contribution in [-0.2, 0) is 9.53 Å². The molecule has 0 aliphatic carbocycles. The van der Waals surface area contributed by atoms with Crippen molar-refractivity contribution in [3.63, 3.8) is 0 Å². The van der Waals surface area contributed by atoms with Crippen LogP contribution in [0.25, 0.3) is 0 Å². The third kappa shape index (κ3) is 3.16. The van der Waals surface area contributed by atoms with Gasteiger partial charge in [-0.25, -0.2) is 0 Å². The Morgan fingerprint density at radius 2 is 2.18 bits per heavy atom. The van der Waals surface area contributed by atoms with E-state index < -0.39 is 5.41 Å². The molecule has 3 N–H and O–H groups in total. The first-order chi connectivity index (χ1) is 8.06. The Bertz CT molecular complexity index is 284. The van der Waals surface area contributed by atoms with E-state index in [4.69, 9.17) is 22.7 Å². The Morgan fingerprint density at radius 3 is 2.59 bits per heavy atom. The standard InChI is InChI=1S/C12H22N2O2S/c1-3-12(4-2,10(13)17)11(15)14-8-9-6-5-7-16-9/h9H,3-8H2,1-2H3,(H2,13,17)(H,14,15). The van der Waals surface area contributed by atoms with E-state index in [9.17, 15) is 4.79 Å². The third-order valence-corrected chi connectivity index (χ3v) is 4.02. The van der Waals surface area contributed by atoms with Crippen molar-refractivity contribution in [1.29, 1.82) is 0 Å². The minimum absolute atomic E-state index is 0.0644. The predicted octanol–water partition coefficient (Wildman–Crippen LogP) is 1.37. The first kappa shape index (κ1) is 14.4. The minimum atomic E-state index is -0.700. The molecule has 1 saturated heterocycles. The molecule has 0 aromatic rings. The zero-order valence-electron chi connectivity index (χ0n) is 10.6. The monoisotopic (exact) mass is 258 g/mol. The van der Waals surface area contributed by atoms with E-state index in [0.717, 1.165) is 19.4 Å². The van der Waals surface area contributed by atoms with E-state index >= 15 is 0 Å². The number of nitrogens with one attached hydrogen (secondary N) is 1. The number of carbonyl (C=O) groups is 1. The van der Waals surface area contributed by atoms with Gasteiger partial charge in [-0.1, -0.05) is 26.1 Å². The van der Waals surface area contributed by atoms with Gasteiger partial charge in [-0.2, -0.15) is 0 Å². The largest absolute Gasteiger partial charge is 0.392 e. The molecule has 1 rings (SSSR count). The lowest BCUT2D eigenvalue weighted by Gasteiger charge is -2.29. The summed E-state index contributed by atoms with van der Waals surface area (Å²) in [5, 5.41) is 2.92. The maximum atomic E-state index is 12.2. The van der Waals surface area contributed by atoms with Crippen LogP contribution in [0.3, 0.4) is 0 Å². The molecule has 0 radical (unpaired) electrons. The molecular formula is C12H22N2O2S. The Balaban J connectivity index is 2.56. The van der Waals surface area contributed by atoms with Crippen LogP contribution in [-0.4, -0.2) is 30.2 Å². The average molecular weight is 258 g/mol. The highest BCUT2D eigenvalue weighted by atomic mass is 32.1. The Hall–Kier alpha value is -0.680. The summed E-state index contributed by atoms with van der Waals surface area (Å²) in [4.78, 5) is 12.5. The molecule has 5 heteroatoms. The molecule has 0 bridgehead atoms. The van der Waals surface area contributed by atoms with E-state index in [2.05, 4.69) is 5.32 Å². The van der Waals surface area contributed by atoms with Gasteiger partial charge in [0.05, 0.1) is 16.5 Å². The summed E-state index contributed by atoms with van der Waals surface area (Å²) in [6.45, 7) is 5.23. The second-order valence-electron chi connectivity index (χ2n) is 4.50. The first-order valence-corrected chi connectivity index (χ1v) is 6.67. The maximum absolute atomic E-state index is 12.2. The zero-order valence-corrected chi connectivity index (χ0v) is 11.4. The first-order valence-electron chi connectivity index (χ1n) is 6.26. The number of thiocarbonyl (C=S) groups is 1. The molecule has 0 saturated carbocycles. The molecule has 98 valence electrons. The summed E-state index contributed by atoms with van der Waals surface area (Å²) < 4.78 is 5.46. The van der Waals surface area contributed by atoms with Gasteiger partial charge in [0, 0.05) is 13.2 Å². The SMILES string of the molecule is CCC(CC)(C(=O)NCC1CCCO1)C(N)=S. The number of hydrogen-bond donors (Lipinski definition) is 2. The predicted molar refractivity (Wildman–Crippen MR) is 71.8 cm³/mol. The Labute approximate surface area is 108 Å². The van der Waals surface area contributed by atoms with Gasteiger partial charge in [-0.15, -0.1) is 0 Å². The Kier molecular flexibility index (Phi) is 5.33. The van der Waals surface area contributed by atoms with Crippen molar-refractivity contribution in [3.8, 4) is 0 Å². The number of nitrogens with two attached hydrogens (primary N) is 1. The molecule has 4 nitrogen and oxygen atoms in total. The van der Waals surface area contributed by atoms with Gasteiger partial charge in [0.15, 0.2) is 0 Å². The quantitative estimate of drug-likeness (QED) is 0.706. The van der Waals surface area contributed by atoms with Crippen molar-refractivity contribution in [2.75, 3.05) is 13.2 Å². The third-order valence-electron chi connectivity index (χ3n) is 3.63. The number of amides is 1. The summed E-state index contributed by atoms with van der Waals surface area (Å²) in [6.07, 6.45) is 3.50. The second-order valence-corrected chi connectivity index (χ2v) is 4.94. The van der Waals surface area contributed by atoms with Crippen LogP contribution in [0.15, 0.2) is 0 Å². The molecule has 0 spiro atoms. The summed E-state index contributed by atoms with van der Waals surface area (Å²) in [7, 11) is 0. The molecule has 1 aliphatic rings. The van der Waals surface area contributed by atoms with Gasteiger partial charge in [0.2, 0.25) is 5.91 Å². The van der Waals surface area contributed by atoms with E-state index in [1.807, 2.05) is 13.8 Å². The summed E-state index contributed by atoms with van der Waals surface area (Å²) >= 11 is 5.04. The van der Waals surface area contributed by atoms with Gasteiger partial charge < -0.3 is 15.8 Å². The molecule has 1 atom stereocenters. The number of carbonyl (C=O) groups excluding carboxylic acids is 1. The molecule has 17 heavy (non-hydrogen) atoms. The number of rotatable bonds is 6. The van der Waals surface area contributed by atoms with E-state index in [1.54, 1.807) is 0 Å². The summed E-state index contributed by atoms with van der Waals surface area (Å²) in [6, 6.07) is 0. The fourth-order valence-corrected chi connectivity index (χ4v) is 2.59. The molecule has 0 aromatic heterocycles. The van der Waals surface area contributed by atoms with Crippen LogP contribution in [0.2, 0.25) is 0 Å². The smallest absolute Gasteiger partial charge is 0.233 e. The van der Waals surface area contributed by atoms with Crippen LogP contribution in [0.1, 0.15) is 39.5 Å². The number of ether oxygens (including phenoxy) is 1. The fraction of sp³-hybridized carbons (Fsp3) is 0.833. The lowest BCUT2D eigenvalue weighted by atomic mass is 9.81. The van der Waals surface area contributed by atoms with Crippen LogP contribution >= 0.6 is 12.2 Å². The van der Waals surface area contributed by atoms with Gasteiger partial charge in [0.1, 0.15) is 0 Å². The van der Waals surface area contributed by atoms with Crippen molar-refractivity contribution < 1.29 is 9.53 Å². The summed E-state index contributed by atoms with van der Waals surface area (Å²) in [5.41, 5.74) is 5.02. The number of hydrogen-bond acceptors (Lipinski definition) is 3. The van der Waals surface area contributed by atoms with Gasteiger partial charge in [-0.05, 0) is 25.7 Å². The van der Waals surface area contributed by atoms with Gasteiger partial charge in [-0.3, -0.25) is 4.79 Å². The van der Waals surface area contributed by atoms with Crippen LogP contribution in [0.4, 0.5) is 0 Å². The second kappa shape index (κ2) is 6.31. The molecule has 1 amide bonds. The average Bonchev–Trinajstić information content (AvgIpc) is 2.81. The van der Waals surface area contributed by atoms with Crippen molar-refractivity contribution in [3.05, 3.63) is 0 Å². The summed E-state index contributed by atoms with van der Waals surface area (Å²) in [5.74, 6) is -0.0644. The molecule has 1 heterocycles. The van der Waals surface area contributed by atoms with Crippen LogP contribution in [0.5, 0.6) is 0 Å². The van der Waals surface area contributed by atoms with Crippen molar-refractivity contribution in [2.24, 2.45) is 11.1 Å². The molecule has 1 unspecified atom stereocenters. The van der Waals surface area contributed by atoms with E-state index in [-0.39, 0.29) is 17.0 Å². The molecule has 0 aromatic carbocycles. The van der Waals surface area contributed by atoms with Crippen LogP contribution in [0, 0.1) is 5.41 Å². The normalized spacial score (nSPS) is 20.2. The fourth-order valence-electron chi connectivity index (χ4n) is 2.21. The van der Waals surface area contributed by atoms with E-state index in [1.165, 1.54) is 0 Å². The van der Waals surface area contributed by atoms with Crippen molar-refractivity contribution in [1.82, 2.24) is 5.32 Å².